The molecule has 0 atom stereocenters. The Hall–Kier alpha value is -0.980. The quantitative estimate of drug-likeness (QED) is 0.684. The Balaban J connectivity index is 2.20. The zero-order chi connectivity index (χ0) is 14.0. The van der Waals surface area contributed by atoms with Gasteiger partial charge in [-0.25, -0.2) is 0 Å². The Morgan fingerprint density at radius 2 is 2.21 bits per heavy atom. The van der Waals surface area contributed by atoms with Crippen molar-refractivity contribution in [3.05, 3.63) is 38.3 Å². The van der Waals surface area contributed by atoms with Crippen molar-refractivity contribution in [3.8, 4) is 0 Å². The average Bonchev–Trinajstić information content (AvgIpc) is 2.31. The zero-order valence-electron chi connectivity index (χ0n) is 11.1. The van der Waals surface area contributed by atoms with E-state index in [-0.39, 0.29) is 16.1 Å². The molecule has 1 aromatic rings. The number of non-ortho nitro benzene ring substituents is 1. The topological polar surface area (TPSA) is 58.4 Å². The van der Waals surface area contributed by atoms with Crippen LogP contribution in [0.5, 0.6) is 0 Å². The van der Waals surface area contributed by atoms with Gasteiger partial charge in [0.05, 0.1) is 4.92 Å². The molecule has 104 valence electrons. The predicted molar refractivity (Wildman–Crippen MR) is 78.2 cm³/mol. The number of nitro benzene ring substituents is 1. The summed E-state index contributed by atoms with van der Waals surface area (Å²) in [6.45, 7) is 7.95. The maximum absolute atomic E-state index is 10.9. The van der Waals surface area contributed by atoms with Crippen LogP contribution in [0.25, 0.3) is 0 Å². The van der Waals surface area contributed by atoms with Crippen LogP contribution in [0.4, 0.5) is 5.69 Å². The number of hydrogen-bond acceptors (Lipinski definition) is 4. The van der Waals surface area contributed by atoms with Gasteiger partial charge in [-0.05, 0) is 25.5 Å². The normalized spacial score (nSPS) is 19.3. The number of rotatable bonds is 3. The lowest BCUT2D eigenvalue weighted by atomic mass is 9.99. The Bertz CT molecular complexity index is 491. The monoisotopic (exact) mass is 327 g/mol. The van der Waals surface area contributed by atoms with Gasteiger partial charge in [-0.15, -0.1) is 0 Å². The minimum Gasteiger partial charge on any atom is -0.314 e. The largest absolute Gasteiger partial charge is 0.314 e. The average molecular weight is 328 g/mol. The summed E-state index contributed by atoms with van der Waals surface area (Å²) in [4.78, 5) is 12.9. The Kier molecular flexibility index (Phi) is 4.23. The summed E-state index contributed by atoms with van der Waals surface area (Å²) in [6, 6.07) is 5.14. The van der Waals surface area contributed by atoms with Crippen molar-refractivity contribution >= 4 is 21.6 Å². The summed E-state index contributed by atoms with van der Waals surface area (Å²) in [6.07, 6.45) is 0. The first-order valence-electron chi connectivity index (χ1n) is 6.28. The Labute approximate surface area is 121 Å². The van der Waals surface area contributed by atoms with Gasteiger partial charge in [-0.3, -0.25) is 15.0 Å². The minimum absolute atomic E-state index is 0.0648. The van der Waals surface area contributed by atoms with Crippen molar-refractivity contribution in [2.75, 3.05) is 19.6 Å². The van der Waals surface area contributed by atoms with Crippen molar-refractivity contribution in [2.45, 2.75) is 25.9 Å². The molecule has 0 aliphatic carbocycles. The number of hydrogen-bond donors (Lipinski definition) is 1. The molecule has 6 heteroatoms. The molecule has 0 spiro atoms. The summed E-state index contributed by atoms with van der Waals surface area (Å²) in [7, 11) is 0. The molecule has 19 heavy (non-hydrogen) atoms. The van der Waals surface area contributed by atoms with Crippen LogP contribution in [0.3, 0.4) is 0 Å². The van der Waals surface area contributed by atoms with Gasteiger partial charge >= 0.3 is 0 Å². The number of nitro groups is 1. The lowest BCUT2D eigenvalue weighted by Crippen LogP contribution is -2.57. The fraction of sp³-hybridized carbons (Fsp3) is 0.538. The van der Waals surface area contributed by atoms with Crippen molar-refractivity contribution in [1.29, 1.82) is 0 Å². The number of piperazine rings is 1. The fourth-order valence-corrected chi connectivity index (χ4v) is 2.89. The van der Waals surface area contributed by atoms with Crippen molar-refractivity contribution in [1.82, 2.24) is 10.2 Å². The number of nitrogens with zero attached hydrogens (tertiary/aromatic N) is 2. The molecular weight excluding hydrogens is 310 g/mol. The molecule has 2 rings (SSSR count). The molecule has 1 saturated heterocycles. The van der Waals surface area contributed by atoms with E-state index >= 15 is 0 Å². The zero-order valence-corrected chi connectivity index (χ0v) is 12.7. The predicted octanol–water partition coefficient (Wildman–Crippen LogP) is 2.54. The molecule has 0 aromatic heterocycles. The SMILES string of the molecule is CC1(C)CNCCN1Cc1cc(Br)cc([N+](=O)[O-])c1. The summed E-state index contributed by atoms with van der Waals surface area (Å²) in [5.41, 5.74) is 1.17. The van der Waals surface area contributed by atoms with Crippen molar-refractivity contribution in [2.24, 2.45) is 0 Å². The van der Waals surface area contributed by atoms with Crippen LogP contribution in [0.2, 0.25) is 0 Å². The molecule has 1 aliphatic heterocycles. The van der Waals surface area contributed by atoms with E-state index in [1.165, 1.54) is 6.07 Å². The minimum atomic E-state index is -0.350. The number of nitrogens with one attached hydrogen (secondary N) is 1. The van der Waals surface area contributed by atoms with Gasteiger partial charge in [0.2, 0.25) is 0 Å². The van der Waals surface area contributed by atoms with E-state index < -0.39 is 0 Å². The summed E-state index contributed by atoms with van der Waals surface area (Å²) >= 11 is 3.34. The van der Waals surface area contributed by atoms with Crippen LogP contribution in [-0.2, 0) is 6.54 Å². The van der Waals surface area contributed by atoms with E-state index in [1.807, 2.05) is 6.07 Å². The highest BCUT2D eigenvalue weighted by atomic mass is 79.9. The van der Waals surface area contributed by atoms with E-state index in [1.54, 1.807) is 6.07 Å². The third-order valence-corrected chi connectivity index (χ3v) is 3.96. The van der Waals surface area contributed by atoms with E-state index in [4.69, 9.17) is 0 Å². The number of halogens is 1. The molecule has 0 bridgehead atoms. The van der Waals surface area contributed by atoms with E-state index in [9.17, 15) is 10.1 Å². The molecule has 0 amide bonds. The molecule has 1 aromatic carbocycles. The highest BCUT2D eigenvalue weighted by Crippen LogP contribution is 2.25. The van der Waals surface area contributed by atoms with Crippen molar-refractivity contribution in [3.63, 3.8) is 0 Å². The van der Waals surface area contributed by atoms with Crippen LogP contribution >= 0.6 is 15.9 Å². The van der Waals surface area contributed by atoms with E-state index in [0.717, 1.165) is 36.2 Å². The highest BCUT2D eigenvalue weighted by Gasteiger charge is 2.29. The molecular formula is C13H18BrN3O2. The first-order valence-corrected chi connectivity index (χ1v) is 7.07. The van der Waals surface area contributed by atoms with E-state index in [2.05, 4.69) is 40.0 Å². The lowest BCUT2D eigenvalue weighted by molar-refractivity contribution is -0.385. The maximum Gasteiger partial charge on any atom is 0.270 e. The summed E-state index contributed by atoms with van der Waals surface area (Å²) < 4.78 is 0.754. The molecule has 0 radical (unpaired) electrons. The van der Waals surface area contributed by atoms with Crippen LogP contribution in [0, 0.1) is 10.1 Å². The van der Waals surface area contributed by atoms with Gasteiger partial charge in [0.25, 0.3) is 5.69 Å². The van der Waals surface area contributed by atoms with E-state index in [0.29, 0.717) is 0 Å². The smallest absolute Gasteiger partial charge is 0.270 e. The van der Waals surface area contributed by atoms with Crippen LogP contribution in [0.15, 0.2) is 22.7 Å². The van der Waals surface area contributed by atoms with Gasteiger partial charge in [0.1, 0.15) is 0 Å². The van der Waals surface area contributed by atoms with Crippen molar-refractivity contribution < 1.29 is 4.92 Å². The van der Waals surface area contributed by atoms with Gasteiger partial charge in [0.15, 0.2) is 0 Å². The lowest BCUT2D eigenvalue weighted by Gasteiger charge is -2.42. The Morgan fingerprint density at radius 1 is 1.47 bits per heavy atom. The van der Waals surface area contributed by atoms with Gasteiger partial charge in [0, 0.05) is 48.3 Å². The molecule has 1 N–H and O–H groups in total. The summed E-state index contributed by atoms with van der Waals surface area (Å²) in [5, 5.41) is 14.3. The molecule has 1 fully saturated rings. The standard InChI is InChI=1S/C13H18BrN3O2/c1-13(2)9-15-3-4-16(13)8-10-5-11(14)7-12(6-10)17(18)19/h5-7,15H,3-4,8-9H2,1-2H3. The molecule has 0 unspecified atom stereocenters. The molecule has 5 nitrogen and oxygen atoms in total. The third-order valence-electron chi connectivity index (χ3n) is 3.50. The van der Waals surface area contributed by atoms with Gasteiger partial charge in [-0.1, -0.05) is 15.9 Å². The highest BCUT2D eigenvalue weighted by molar-refractivity contribution is 9.10. The van der Waals surface area contributed by atoms with Gasteiger partial charge in [-0.2, -0.15) is 0 Å². The second-order valence-corrected chi connectivity index (χ2v) is 6.40. The van der Waals surface area contributed by atoms with Crippen LogP contribution < -0.4 is 5.32 Å². The Morgan fingerprint density at radius 3 is 2.84 bits per heavy atom. The second-order valence-electron chi connectivity index (χ2n) is 5.49. The molecule has 1 heterocycles. The van der Waals surface area contributed by atoms with Crippen LogP contribution in [-0.4, -0.2) is 35.0 Å². The maximum atomic E-state index is 10.9. The third kappa shape index (κ3) is 3.52. The first kappa shape index (κ1) is 14.4. The number of benzene rings is 1. The molecule has 1 aliphatic rings. The fourth-order valence-electron chi connectivity index (χ4n) is 2.37. The van der Waals surface area contributed by atoms with Crippen LogP contribution in [0.1, 0.15) is 19.4 Å². The second kappa shape index (κ2) is 5.56. The van der Waals surface area contributed by atoms with Gasteiger partial charge < -0.3 is 5.32 Å². The summed E-state index contributed by atoms with van der Waals surface area (Å²) in [5.74, 6) is 0. The molecule has 0 saturated carbocycles. The first-order chi connectivity index (χ1) is 8.88.